The molecule has 0 radical (unpaired) electrons. The normalized spacial score (nSPS) is 16.2. The Kier molecular flexibility index (Phi) is 5.35. The van der Waals surface area contributed by atoms with Gasteiger partial charge in [0.05, 0.1) is 0 Å². The molecule has 3 N–H and O–H groups in total. The predicted octanol–water partition coefficient (Wildman–Crippen LogP) is -0.407. The van der Waals surface area contributed by atoms with Crippen LogP contribution in [-0.2, 0) is 15.0 Å². The lowest BCUT2D eigenvalue weighted by molar-refractivity contribution is -0.122. The second-order valence-corrected chi connectivity index (χ2v) is 6.29. The molecule has 1 aliphatic carbocycles. The molecule has 0 heterocycles. The average molecular weight is 263 g/mol. The van der Waals surface area contributed by atoms with Crippen LogP contribution < -0.4 is 14.8 Å². The van der Waals surface area contributed by atoms with Crippen molar-refractivity contribution in [1.82, 2.24) is 14.8 Å². The van der Waals surface area contributed by atoms with Gasteiger partial charge in [-0.05, 0) is 18.8 Å². The number of hydrogen-bond acceptors (Lipinski definition) is 3. The summed E-state index contributed by atoms with van der Waals surface area (Å²) < 4.78 is 27.6. The molecule has 1 rings (SSSR count). The molecule has 0 unspecified atom stereocenters. The summed E-state index contributed by atoms with van der Waals surface area (Å²) >= 11 is 0. The molecule has 0 saturated heterocycles. The van der Waals surface area contributed by atoms with Gasteiger partial charge in [-0.1, -0.05) is 13.8 Å². The summed E-state index contributed by atoms with van der Waals surface area (Å²) in [6, 6.07) is 0. The molecule has 6 nitrogen and oxygen atoms in total. The minimum atomic E-state index is -3.43. The van der Waals surface area contributed by atoms with Crippen LogP contribution in [0.15, 0.2) is 0 Å². The van der Waals surface area contributed by atoms with Gasteiger partial charge in [-0.15, -0.1) is 0 Å². The monoisotopic (exact) mass is 263 g/mol. The fourth-order valence-electron chi connectivity index (χ4n) is 1.19. The molecule has 0 aromatic carbocycles. The maximum atomic E-state index is 11.4. The maximum absolute atomic E-state index is 11.4. The van der Waals surface area contributed by atoms with E-state index in [0.717, 1.165) is 12.8 Å². The lowest BCUT2D eigenvalue weighted by Crippen LogP contribution is -2.42. The average Bonchev–Trinajstić information content (AvgIpc) is 3.05. The highest BCUT2D eigenvalue weighted by atomic mass is 32.2. The van der Waals surface area contributed by atoms with Gasteiger partial charge >= 0.3 is 0 Å². The van der Waals surface area contributed by atoms with E-state index in [1.165, 1.54) is 0 Å². The highest BCUT2D eigenvalue weighted by molar-refractivity contribution is 7.87. The Morgan fingerprint density at radius 3 is 2.41 bits per heavy atom. The third-order valence-corrected chi connectivity index (χ3v) is 3.48. The fraction of sp³-hybridized carbons (Fsp3) is 0.900. The van der Waals surface area contributed by atoms with Gasteiger partial charge < -0.3 is 5.32 Å². The largest absolute Gasteiger partial charge is 0.355 e. The first-order chi connectivity index (χ1) is 7.91. The fourth-order valence-corrected chi connectivity index (χ4v) is 2.21. The van der Waals surface area contributed by atoms with E-state index in [0.29, 0.717) is 13.1 Å². The Labute approximate surface area is 103 Å². The minimum Gasteiger partial charge on any atom is -0.355 e. The maximum Gasteiger partial charge on any atom is 0.276 e. The molecule has 17 heavy (non-hydrogen) atoms. The minimum absolute atomic E-state index is 0.0272. The Morgan fingerprint density at radius 1 is 1.24 bits per heavy atom. The van der Waals surface area contributed by atoms with Crippen molar-refractivity contribution in [2.24, 2.45) is 11.8 Å². The first kappa shape index (κ1) is 14.4. The van der Waals surface area contributed by atoms with Gasteiger partial charge in [-0.25, -0.2) is 9.44 Å². The lowest BCUT2D eigenvalue weighted by Gasteiger charge is -2.10. The van der Waals surface area contributed by atoms with Gasteiger partial charge in [0.25, 0.3) is 10.2 Å². The zero-order valence-corrected chi connectivity index (χ0v) is 11.1. The van der Waals surface area contributed by atoms with Gasteiger partial charge in [0.1, 0.15) is 0 Å². The number of hydrogen-bond donors (Lipinski definition) is 3. The Balaban J connectivity index is 2.09. The standard InChI is InChI=1S/C10H21N3O3S/c1-8(2)7-13-17(15,16)12-6-5-11-10(14)9-3-4-9/h8-9,12-13H,3-7H2,1-2H3,(H,11,14). The van der Waals surface area contributed by atoms with Crippen LogP contribution in [0.2, 0.25) is 0 Å². The van der Waals surface area contributed by atoms with Crippen LogP contribution in [0.25, 0.3) is 0 Å². The Hall–Kier alpha value is -0.660. The molecule has 0 atom stereocenters. The van der Waals surface area contributed by atoms with Crippen molar-refractivity contribution in [1.29, 1.82) is 0 Å². The molecule has 1 saturated carbocycles. The highest BCUT2D eigenvalue weighted by Crippen LogP contribution is 2.28. The molecular weight excluding hydrogens is 242 g/mol. The van der Waals surface area contributed by atoms with E-state index in [-0.39, 0.29) is 24.3 Å². The van der Waals surface area contributed by atoms with Gasteiger partial charge in [0, 0.05) is 25.6 Å². The van der Waals surface area contributed by atoms with Gasteiger partial charge in [0.2, 0.25) is 5.91 Å². The topological polar surface area (TPSA) is 87.3 Å². The molecule has 0 spiro atoms. The predicted molar refractivity (Wildman–Crippen MR) is 65.5 cm³/mol. The summed E-state index contributed by atoms with van der Waals surface area (Å²) in [6.45, 7) is 4.81. The number of carbonyl (C=O) groups is 1. The third-order valence-electron chi connectivity index (χ3n) is 2.35. The van der Waals surface area contributed by atoms with Crippen molar-refractivity contribution in [2.45, 2.75) is 26.7 Å². The van der Waals surface area contributed by atoms with Crippen LogP contribution in [0.4, 0.5) is 0 Å². The van der Waals surface area contributed by atoms with Crippen LogP contribution in [-0.4, -0.2) is 34.0 Å². The highest BCUT2D eigenvalue weighted by Gasteiger charge is 2.29. The summed E-state index contributed by atoms with van der Waals surface area (Å²) in [7, 11) is -3.43. The molecule has 0 aliphatic heterocycles. The van der Waals surface area contributed by atoms with Crippen molar-refractivity contribution in [3.05, 3.63) is 0 Å². The number of rotatable bonds is 8. The number of nitrogens with one attached hydrogen (secondary N) is 3. The Morgan fingerprint density at radius 2 is 1.88 bits per heavy atom. The molecule has 0 bridgehead atoms. The van der Waals surface area contributed by atoms with Crippen LogP contribution in [0, 0.1) is 11.8 Å². The number of amides is 1. The van der Waals surface area contributed by atoms with Crippen molar-refractivity contribution >= 4 is 16.1 Å². The van der Waals surface area contributed by atoms with Gasteiger partial charge in [0.15, 0.2) is 0 Å². The van der Waals surface area contributed by atoms with E-state index in [4.69, 9.17) is 0 Å². The summed E-state index contributed by atoms with van der Waals surface area (Å²) in [5.41, 5.74) is 0. The molecule has 0 aromatic heterocycles. The third kappa shape index (κ3) is 6.60. The van der Waals surface area contributed by atoms with E-state index >= 15 is 0 Å². The van der Waals surface area contributed by atoms with Gasteiger partial charge in [-0.3, -0.25) is 4.79 Å². The van der Waals surface area contributed by atoms with Crippen molar-refractivity contribution in [2.75, 3.05) is 19.6 Å². The molecule has 7 heteroatoms. The first-order valence-electron chi connectivity index (χ1n) is 5.92. The van der Waals surface area contributed by atoms with E-state index in [9.17, 15) is 13.2 Å². The summed E-state index contributed by atoms with van der Waals surface area (Å²) in [5, 5.41) is 2.69. The van der Waals surface area contributed by atoms with Crippen molar-refractivity contribution < 1.29 is 13.2 Å². The van der Waals surface area contributed by atoms with Crippen LogP contribution >= 0.6 is 0 Å². The summed E-state index contributed by atoms with van der Waals surface area (Å²) in [5.74, 6) is 0.450. The van der Waals surface area contributed by atoms with Gasteiger partial charge in [-0.2, -0.15) is 8.42 Å². The molecule has 0 aromatic rings. The zero-order valence-electron chi connectivity index (χ0n) is 10.3. The van der Waals surface area contributed by atoms with E-state index in [2.05, 4.69) is 14.8 Å². The smallest absolute Gasteiger partial charge is 0.276 e. The summed E-state index contributed by atoms with van der Waals surface area (Å²) in [6.07, 6.45) is 1.90. The molecule has 1 fully saturated rings. The second kappa shape index (κ2) is 6.32. The zero-order chi connectivity index (χ0) is 12.9. The van der Waals surface area contributed by atoms with Crippen molar-refractivity contribution in [3.63, 3.8) is 0 Å². The SMILES string of the molecule is CC(C)CNS(=O)(=O)NCCNC(=O)C1CC1. The molecule has 100 valence electrons. The van der Waals surface area contributed by atoms with E-state index < -0.39 is 10.2 Å². The van der Waals surface area contributed by atoms with Crippen LogP contribution in [0.5, 0.6) is 0 Å². The van der Waals surface area contributed by atoms with Crippen LogP contribution in [0.1, 0.15) is 26.7 Å². The summed E-state index contributed by atoms with van der Waals surface area (Å²) in [4.78, 5) is 11.2. The Bertz CT molecular complexity index is 350. The quantitative estimate of drug-likeness (QED) is 0.520. The number of carbonyl (C=O) groups excluding carboxylic acids is 1. The van der Waals surface area contributed by atoms with Crippen molar-refractivity contribution in [3.8, 4) is 0 Å². The second-order valence-electron chi connectivity index (χ2n) is 4.71. The molecule has 1 aliphatic rings. The van der Waals surface area contributed by atoms with E-state index in [1.54, 1.807) is 0 Å². The molecular formula is C10H21N3O3S. The molecule has 1 amide bonds. The lowest BCUT2D eigenvalue weighted by atomic mass is 10.2. The van der Waals surface area contributed by atoms with E-state index in [1.807, 2.05) is 13.8 Å². The first-order valence-corrected chi connectivity index (χ1v) is 7.41. The van der Waals surface area contributed by atoms with Crippen LogP contribution in [0.3, 0.4) is 0 Å².